The Bertz CT molecular complexity index is 485. The summed E-state index contributed by atoms with van der Waals surface area (Å²) in [6, 6.07) is 9.54. The molecule has 1 heterocycles. The minimum atomic E-state index is -1.61. The first-order chi connectivity index (χ1) is 8.22. The summed E-state index contributed by atoms with van der Waals surface area (Å²) in [5.74, 6) is 0. The van der Waals surface area contributed by atoms with E-state index < -0.39 is 7.12 Å². The molecule has 2 aromatic rings. The van der Waals surface area contributed by atoms with Gasteiger partial charge >= 0.3 is 7.12 Å². The van der Waals surface area contributed by atoms with Gasteiger partial charge in [0.25, 0.3) is 0 Å². The van der Waals surface area contributed by atoms with Crippen LogP contribution in [-0.4, -0.2) is 33.8 Å². The van der Waals surface area contributed by atoms with Gasteiger partial charge in [0.1, 0.15) is 12.5 Å². The van der Waals surface area contributed by atoms with E-state index in [1.165, 1.54) is 7.11 Å². The molecule has 1 aromatic heterocycles. The second kappa shape index (κ2) is 5.14. The summed E-state index contributed by atoms with van der Waals surface area (Å²) in [5.41, 5.74) is 1.78. The highest BCUT2D eigenvalue weighted by Gasteiger charge is 2.20. The molecule has 0 aliphatic heterocycles. The number of ether oxygens (including phenoxy) is 1. The quantitative estimate of drug-likeness (QED) is 0.718. The second-order valence-corrected chi connectivity index (χ2v) is 3.61. The Morgan fingerprint density at radius 2 is 2.00 bits per heavy atom. The van der Waals surface area contributed by atoms with E-state index in [0.29, 0.717) is 5.69 Å². The van der Waals surface area contributed by atoms with Crippen molar-refractivity contribution in [2.75, 3.05) is 7.11 Å². The van der Waals surface area contributed by atoms with Crippen LogP contribution in [0, 0.1) is 0 Å². The summed E-state index contributed by atoms with van der Waals surface area (Å²) < 4.78 is 6.53. The van der Waals surface area contributed by atoms with E-state index in [4.69, 9.17) is 4.74 Å². The van der Waals surface area contributed by atoms with Gasteiger partial charge in [0, 0.05) is 18.9 Å². The van der Waals surface area contributed by atoms with E-state index in [-0.39, 0.29) is 12.5 Å². The number of hydrogen-bond donors (Lipinski definition) is 2. The minimum Gasteiger partial charge on any atom is -0.421 e. The molecule has 88 valence electrons. The largest absolute Gasteiger partial charge is 0.526 e. The molecule has 2 N–H and O–H groups in total. The average molecular weight is 232 g/mol. The second-order valence-electron chi connectivity index (χ2n) is 3.61. The zero-order valence-electron chi connectivity index (χ0n) is 9.45. The average Bonchev–Trinajstić information content (AvgIpc) is 2.75. The van der Waals surface area contributed by atoms with Crippen LogP contribution < -0.4 is 5.72 Å². The summed E-state index contributed by atoms with van der Waals surface area (Å²) in [6.07, 6.45) is 1.73. The first-order valence-electron chi connectivity index (χ1n) is 5.20. The Balaban J connectivity index is 2.40. The highest BCUT2D eigenvalue weighted by atomic mass is 16.5. The molecule has 0 amide bonds. The predicted octanol–water partition coefficient (Wildman–Crippen LogP) is -0.166. The highest BCUT2D eigenvalue weighted by Crippen LogP contribution is 2.15. The standard InChI is InChI=1S/C11H13BN2O3/c1-17-8-14-7-10(13-11(14)12(15)16)9-5-3-2-4-6-9/h2-7,15-16H,8H2,1H3. The Labute approximate surface area is 99.5 Å². The molecule has 0 saturated carbocycles. The van der Waals surface area contributed by atoms with Gasteiger partial charge in [-0.05, 0) is 0 Å². The highest BCUT2D eigenvalue weighted by molar-refractivity contribution is 6.56. The van der Waals surface area contributed by atoms with Crippen LogP contribution in [0.5, 0.6) is 0 Å². The van der Waals surface area contributed by atoms with Crippen LogP contribution in [0.15, 0.2) is 36.5 Å². The van der Waals surface area contributed by atoms with Gasteiger partial charge in [0.2, 0.25) is 0 Å². The third-order valence-corrected chi connectivity index (χ3v) is 2.38. The maximum absolute atomic E-state index is 9.21. The SMILES string of the molecule is COCn1cc(-c2ccccc2)nc1B(O)O. The van der Waals surface area contributed by atoms with E-state index in [2.05, 4.69) is 4.98 Å². The lowest BCUT2D eigenvalue weighted by molar-refractivity contribution is 0.133. The summed E-state index contributed by atoms with van der Waals surface area (Å²) >= 11 is 0. The Morgan fingerprint density at radius 1 is 1.29 bits per heavy atom. The topological polar surface area (TPSA) is 67.5 Å². The summed E-state index contributed by atoms with van der Waals surface area (Å²) in [7, 11) is -0.0713. The summed E-state index contributed by atoms with van der Waals surface area (Å²) in [4.78, 5) is 4.18. The van der Waals surface area contributed by atoms with Crippen molar-refractivity contribution in [1.82, 2.24) is 9.55 Å². The molecule has 0 aliphatic rings. The van der Waals surface area contributed by atoms with Crippen LogP contribution >= 0.6 is 0 Å². The molecule has 5 nitrogen and oxygen atoms in total. The number of nitrogens with zero attached hydrogens (tertiary/aromatic N) is 2. The van der Waals surface area contributed by atoms with Crippen LogP contribution in [0.3, 0.4) is 0 Å². The molecule has 1 aromatic carbocycles. The molecule has 0 unspecified atom stereocenters. The molecule has 17 heavy (non-hydrogen) atoms. The third kappa shape index (κ3) is 2.55. The van der Waals surface area contributed by atoms with E-state index in [0.717, 1.165) is 5.56 Å². The lowest BCUT2D eigenvalue weighted by Gasteiger charge is -2.03. The molecule has 0 saturated heterocycles. The molecule has 0 radical (unpaired) electrons. The number of imidazole rings is 1. The number of benzene rings is 1. The molecule has 0 aliphatic carbocycles. The van der Waals surface area contributed by atoms with Gasteiger partial charge in [0.05, 0.1) is 5.69 Å². The monoisotopic (exact) mass is 232 g/mol. The number of rotatable bonds is 4. The van der Waals surface area contributed by atoms with Crippen molar-refractivity contribution in [3.05, 3.63) is 36.5 Å². The molecular weight excluding hydrogens is 219 g/mol. The molecule has 0 bridgehead atoms. The Hall–Kier alpha value is -1.63. The smallest absolute Gasteiger partial charge is 0.421 e. The fraction of sp³-hybridized carbons (Fsp3) is 0.182. The molecule has 0 atom stereocenters. The maximum Gasteiger partial charge on any atom is 0.526 e. The van der Waals surface area contributed by atoms with Crippen molar-refractivity contribution in [2.24, 2.45) is 0 Å². The number of aromatic nitrogens is 2. The van der Waals surface area contributed by atoms with Gasteiger partial charge in [-0.15, -0.1) is 0 Å². The van der Waals surface area contributed by atoms with Crippen molar-refractivity contribution < 1.29 is 14.8 Å². The van der Waals surface area contributed by atoms with Gasteiger partial charge in [-0.25, -0.2) is 4.98 Å². The van der Waals surface area contributed by atoms with E-state index in [1.54, 1.807) is 10.8 Å². The molecular formula is C11H13BN2O3. The summed E-state index contributed by atoms with van der Waals surface area (Å²) in [5, 5.41) is 18.4. The molecule has 2 rings (SSSR count). The zero-order chi connectivity index (χ0) is 12.3. The predicted molar refractivity (Wildman–Crippen MR) is 64.5 cm³/mol. The normalized spacial score (nSPS) is 10.5. The zero-order valence-corrected chi connectivity index (χ0v) is 9.45. The van der Waals surface area contributed by atoms with Crippen molar-refractivity contribution in [3.8, 4) is 11.3 Å². The van der Waals surface area contributed by atoms with E-state index in [1.807, 2.05) is 30.3 Å². The fourth-order valence-electron chi connectivity index (χ4n) is 1.63. The van der Waals surface area contributed by atoms with Crippen molar-refractivity contribution in [1.29, 1.82) is 0 Å². The van der Waals surface area contributed by atoms with E-state index in [9.17, 15) is 10.0 Å². The van der Waals surface area contributed by atoms with Gasteiger partial charge in [-0.2, -0.15) is 0 Å². The number of hydrogen-bond acceptors (Lipinski definition) is 4. The summed E-state index contributed by atoms with van der Waals surface area (Å²) in [6.45, 7) is 0.229. The lowest BCUT2D eigenvalue weighted by Crippen LogP contribution is -2.38. The van der Waals surface area contributed by atoms with Crippen LogP contribution in [-0.2, 0) is 11.5 Å². The lowest BCUT2D eigenvalue weighted by atomic mass is 9.91. The molecule has 0 fully saturated rings. The molecule has 0 spiro atoms. The number of methoxy groups -OCH3 is 1. The van der Waals surface area contributed by atoms with Gasteiger partial charge in [-0.1, -0.05) is 30.3 Å². The van der Waals surface area contributed by atoms with Crippen LogP contribution in [0.1, 0.15) is 0 Å². The minimum absolute atomic E-state index is 0.172. The van der Waals surface area contributed by atoms with Crippen molar-refractivity contribution >= 4 is 12.8 Å². The Morgan fingerprint density at radius 3 is 2.59 bits per heavy atom. The first kappa shape index (κ1) is 11.8. The van der Waals surface area contributed by atoms with Crippen LogP contribution in [0.4, 0.5) is 0 Å². The first-order valence-corrected chi connectivity index (χ1v) is 5.20. The van der Waals surface area contributed by atoms with Crippen LogP contribution in [0.2, 0.25) is 0 Å². The van der Waals surface area contributed by atoms with Crippen molar-refractivity contribution in [3.63, 3.8) is 0 Å². The van der Waals surface area contributed by atoms with Gasteiger partial charge in [0.15, 0.2) is 0 Å². The third-order valence-electron chi connectivity index (χ3n) is 2.38. The fourth-order valence-corrected chi connectivity index (χ4v) is 1.63. The van der Waals surface area contributed by atoms with Gasteiger partial charge in [-0.3, -0.25) is 0 Å². The van der Waals surface area contributed by atoms with E-state index >= 15 is 0 Å². The van der Waals surface area contributed by atoms with Crippen molar-refractivity contribution in [2.45, 2.75) is 6.73 Å². The molecule has 6 heteroatoms. The van der Waals surface area contributed by atoms with Gasteiger partial charge < -0.3 is 19.4 Å². The maximum atomic E-state index is 9.21. The Kier molecular flexibility index (Phi) is 3.58. The van der Waals surface area contributed by atoms with Crippen LogP contribution in [0.25, 0.3) is 11.3 Å².